The van der Waals surface area contributed by atoms with Crippen LogP contribution in [0.2, 0.25) is 0 Å². The molecule has 0 spiro atoms. The SMILES string of the molecule is COC(=O)NC(C(=O)N1CCCC1c1ncc(-c2cc3sc(C)cc3s2)[nH]1)C(C)C.COC(=O)NC(C(=O)N1CCCC1c1ncc(-c2ccc(C)cc2)[nH]1)C(C)C. The number of methoxy groups -OCH3 is 2. The van der Waals surface area contributed by atoms with Crippen LogP contribution in [0.15, 0.2) is 48.8 Å². The Bertz CT molecular complexity index is 2170. The molecular formula is C42H54N8O6S2. The van der Waals surface area contributed by atoms with Crippen molar-refractivity contribution in [2.24, 2.45) is 11.8 Å². The third kappa shape index (κ3) is 9.55. The van der Waals surface area contributed by atoms with E-state index in [9.17, 15) is 19.2 Å². The van der Waals surface area contributed by atoms with Crippen molar-refractivity contribution >= 4 is 56.1 Å². The molecule has 7 rings (SSSR count). The maximum absolute atomic E-state index is 13.2. The summed E-state index contributed by atoms with van der Waals surface area (Å²) in [6.07, 6.45) is 5.98. The van der Waals surface area contributed by atoms with Crippen molar-refractivity contribution in [1.82, 2.24) is 40.4 Å². The summed E-state index contributed by atoms with van der Waals surface area (Å²) in [4.78, 5) is 71.8. The summed E-state index contributed by atoms with van der Waals surface area (Å²) in [6, 6.07) is 11.2. The largest absolute Gasteiger partial charge is 0.453 e. The summed E-state index contributed by atoms with van der Waals surface area (Å²) in [6.45, 7) is 13.1. The Balaban J connectivity index is 0.000000196. The van der Waals surface area contributed by atoms with Gasteiger partial charge in [0.1, 0.15) is 23.7 Å². The van der Waals surface area contributed by atoms with Crippen molar-refractivity contribution < 1.29 is 28.7 Å². The molecule has 6 heterocycles. The number of aromatic amines is 2. The van der Waals surface area contributed by atoms with Gasteiger partial charge in [-0.2, -0.15) is 0 Å². The third-order valence-electron chi connectivity index (χ3n) is 10.6. The maximum atomic E-state index is 13.2. The molecule has 2 aliphatic rings. The number of H-pyrrole nitrogens is 2. The van der Waals surface area contributed by atoms with Crippen LogP contribution in [0.4, 0.5) is 9.59 Å². The number of fused-ring (bicyclic) bond motifs is 1. The minimum absolute atomic E-state index is 0.0485. The van der Waals surface area contributed by atoms with Gasteiger partial charge in [0, 0.05) is 27.4 Å². The highest BCUT2D eigenvalue weighted by Gasteiger charge is 2.39. The lowest BCUT2D eigenvalue weighted by molar-refractivity contribution is -0.136. The number of alkyl carbamates (subject to hydrolysis) is 2. The first kappa shape index (κ1) is 42.4. The van der Waals surface area contributed by atoms with Gasteiger partial charge < -0.3 is 39.9 Å². The molecule has 4 amide bonds. The molecule has 2 saturated heterocycles. The Kier molecular flexibility index (Phi) is 13.6. The summed E-state index contributed by atoms with van der Waals surface area (Å²) in [7, 11) is 2.60. The number of likely N-dealkylation sites (tertiary alicyclic amines) is 2. The first-order valence-electron chi connectivity index (χ1n) is 19.7. The number of hydrogen-bond acceptors (Lipinski definition) is 10. The zero-order chi connectivity index (χ0) is 41.7. The number of aryl methyl sites for hydroxylation is 2. The molecule has 0 radical (unpaired) electrons. The topological polar surface area (TPSA) is 175 Å². The zero-order valence-corrected chi connectivity index (χ0v) is 36.0. The van der Waals surface area contributed by atoms with Crippen LogP contribution in [0.3, 0.4) is 0 Å². The summed E-state index contributed by atoms with van der Waals surface area (Å²) < 4.78 is 11.9. The standard InChI is InChI=1S/C21H26N4O3S2.C21H28N4O3/c1-11(2)18(24-21(27)28-4)20(26)25-7-5-6-14(25)19-22-10-13(23-19)15-9-17-16(30-15)8-12(3)29-17;1-13(2)18(24-21(27)28-4)20(26)25-11-5-6-17(25)19-22-12-16(23-19)15-9-7-14(3)8-10-15/h8-11,14,18H,5-7H2,1-4H3,(H,22,23)(H,24,27);7-10,12-13,17-18H,5-6,11H2,1-4H3,(H,22,23)(H,24,27). The van der Waals surface area contributed by atoms with Gasteiger partial charge in [0.05, 0.1) is 55.0 Å². The highest BCUT2D eigenvalue weighted by atomic mass is 32.1. The van der Waals surface area contributed by atoms with Crippen molar-refractivity contribution in [2.75, 3.05) is 27.3 Å². The molecule has 2 aliphatic heterocycles. The number of hydrogen-bond donors (Lipinski definition) is 4. The predicted octanol–water partition coefficient (Wildman–Crippen LogP) is 8.13. The van der Waals surface area contributed by atoms with Gasteiger partial charge in [0.25, 0.3) is 0 Å². The third-order valence-corrected chi connectivity index (χ3v) is 12.9. The number of benzene rings is 1. The van der Waals surface area contributed by atoms with Crippen molar-refractivity contribution in [3.8, 4) is 21.8 Å². The molecule has 0 saturated carbocycles. The molecule has 4 unspecified atom stereocenters. The predicted molar refractivity (Wildman–Crippen MR) is 226 cm³/mol. The second-order valence-electron chi connectivity index (χ2n) is 15.5. The Hall–Kier alpha value is -5.22. The van der Waals surface area contributed by atoms with Crippen molar-refractivity contribution in [3.05, 3.63) is 70.9 Å². The molecule has 0 bridgehead atoms. The Morgan fingerprint density at radius 2 is 1.21 bits per heavy atom. The van der Waals surface area contributed by atoms with Gasteiger partial charge in [-0.25, -0.2) is 19.6 Å². The summed E-state index contributed by atoms with van der Waals surface area (Å²) in [5.41, 5.74) is 4.17. The number of rotatable bonds is 10. The first-order valence-corrected chi connectivity index (χ1v) is 21.4. The summed E-state index contributed by atoms with van der Waals surface area (Å²) in [5.74, 6) is 1.28. The number of carbonyl (C=O) groups is 4. The van der Waals surface area contributed by atoms with Gasteiger partial charge in [-0.15, -0.1) is 22.7 Å². The lowest BCUT2D eigenvalue weighted by Crippen LogP contribution is -2.51. The summed E-state index contributed by atoms with van der Waals surface area (Å²) >= 11 is 3.54. The quantitative estimate of drug-likeness (QED) is 0.109. The fourth-order valence-electron chi connectivity index (χ4n) is 7.49. The molecule has 4 atom stereocenters. The highest BCUT2D eigenvalue weighted by molar-refractivity contribution is 7.29. The molecule has 14 nitrogen and oxygen atoms in total. The lowest BCUT2D eigenvalue weighted by atomic mass is 10.0. The number of nitrogens with zero attached hydrogens (tertiary/aromatic N) is 4. The fraction of sp³-hybridized carbons (Fsp3) is 0.476. The Morgan fingerprint density at radius 3 is 1.69 bits per heavy atom. The zero-order valence-electron chi connectivity index (χ0n) is 34.4. The molecule has 58 heavy (non-hydrogen) atoms. The Labute approximate surface area is 347 Å². The van der Waals surface area contributed by atoms with Crippen LogP contribution >= 0.6 is 22.7 Å². The van der Waals surface area contributed by atoms with Crippen LogP contribution in [-0.2, 0) is 19.1 Å². The van der Waals surface area contributed by atoms with Crippen LogP contribution in [0, 0.1) is 25.7 Å². The molecule has 5 aromatic rings. The molecule has 1 aromatic carbocycles. The van der Waals surface area contributed by atoms with E-state index in [1.54, 1.807) is 22.7 Å². The fourth-order valence-corrected chi connectivity index (χ4v) is 9.77. The van der Waals surface area contributed by atoms with Gasteiger partial charge in [-0.1, -0.05) is 57.5 Å². The van der Waals surface area contributed by atoms with E-state index in [-0.39, 0.29) is 35.7 Å². The number of thiophene rings is 2. The minimum atomic E-state index is -0.625. The van der Waals surface area contributed by atoms with Crippen molar-refractivity contribution in [2.45, 2.75) is 91.4 Å². The number of imidazole rings is 2. The smallest absolute Gasteiger partial charge is 0.407 e. The second-order valence-corrected chi connectivity index (χ2v) is 17.9. The van der Waals surface area contributed by atoms with Crippen LogP contribution in [0.25, 0.3) is 31.2 Å². The molecule has 4 aromatic heterocycles. The van der Waals surface area contributed by atoms with E-state index in [2.05, 4.69) is 85.6 Å². The van der Waals surface area contributed by atoms with Gasteiger partial charge in [-0.3, -0.25) is 9.59 Å². The number of ether oxygens (including phenoxy) is 2. The van der Waals surface area contributed by atoms with Crippen LogP contribution in [0.1, 0.15) is 87.6 Å². The summed E-state index contributed by atoms with van der Waals surface area (Å²) in [5, 5.41) is 5.35. The molecule has 0 aliphatic carbocycles. The number of nitrogens with one attached hydrogen (secondary N) is 4. The number of amides is 4. The number of carbonyl (C=O) groups excluding carboxylic acids is 4. The van der Waals surface area contributed by atoms with E-state index < -0.39 is 24.3 Å². The molecule has 4 N–H and O–H groups in total. The van der Waals surface area contributed by atoms with E-state index >= 15 is 0 Å². The highest BCUT2D eigenvalue weighted by Crippen LogP contribution is 2.39. The van der Waals surface area contributed by atoms with Crippen molar-refractivity contribution in [1.29, 1.82) is 0 Å². The van der Waals surface area contributed by atoms with E-state index in [4.69, 9.17) is 4.74 Å². The first-order chi connectivity index (χ1) is 27.8. The Morgan fingerprint density at radius 1 is 0.724 bits per heavy atom. The van der Waals surface area contributed by atoms with E-state index in [1.807, 2.05) is 49.9 Å². The van der Waals surface area contributed by atoms with E-state index in [0.717, 1.165) is 59.2 Å². The monoisotopic (exact) mass is 830 g/mol. The average Bonchev–Trinajstić information content (AvgIpc) is 4.05. The van der Waals surface area contributed by atoms with E-state index in [0.29, 0.717) is 13.1 Å². The number of aromatic nitrogens is 4. The van der Waals surface area contributed by atoms with Gasteiger partial charge in [0.15, 0.2) is 0 Å². The van der Waals surface area contributed by atoms with Crippen LogP contribution in [0.5, 0.6) is 0 Å². The lowest BCUT2D eigenvalue weighted by Gasteiger charge is -2.30. The van der Waals surface area contributed by atoms with Crippen LogP contribution in [-0.4, -0.2) is 93.1 Å². The molecular weight excluding hydrogens is 777 g/mol. The van der Waals surface area contributed by atoms with E-state index in [1.165, 1.54) is 34.1 Å². The molecule has 2 fully saturated rings. The van der Waals surface area contributed by atoms with Crippen LogP contribution < -0.4 is 10.6 Å². The average molecular weight is 831 g/mol. The minimum Gasteiger partial charge on any atom is -0.453 e. The second kappa shape index (κ2) is 18.6. The van der Waals surface area contributed by atoms with Gasteiger partial charge in [-0.05, 0) is 69.1 Å². The normalized spacial score (nSPS) is 17.6. The molecule has 16 heteroatoms. The maximum Gasteiger partial charge on any atom is 0.407 e. The molecule has 310 valence electrons. The van der Waals surface area contributed by atoms with Gasteiger partial charge >= 0.3 is 12.2 Å². The van der Waals surface area contributed by atoms with Gasteiger partial charge in [0.2, 0.25) is 11.8 Å². The van der Waals surface area contributed by atoms with Crippen molar-refractivity contribution in [3.63, 3.8) is 0 Å².